The number of carbonyl (C=O) groups excluding carboxylic acids is 1. The van der Waals surface area contributed by atoms with E-state index in [1.54, 1.807) is 0 Å². The van der Waals surface area contributed by atoms with E-state index in [0.29, 0.717) is 42.3 Å². The minimum Gasteiger partial charge on any atom is -0.492 e. The van der Waals surface area contributed by atoms with Crippen LogP contribution < -0.4 is 10.1 Å². The molecule has 1 aliphatic carbocycles. The minimum absolute atomic E-state index is 0.0227. The van der Waals surface area contributed by atoms with Gasteiger partial charge in [-0.15, -0.1) is 0 Å². The van der Waals surface area contributed by atoms with Crippen LogP contribution in [0.25, 0.3) is 11.0 Å². The van der Waals surface area contributed by atoms with E-state index < -0.39 is 11.5 Å². The third-order valence-electron chi connectivity index (χ3n) is 5.44. The van der Waals surface area contributed by atoms with E-state index in [1.807, 2.05) is 42.5 Å². The number of nitrogens with one attached hydrogen (secondary N) is 1. The molecule has 1 aromatic heterocycles. The first-order valence-electron chi connectivity index (χ1n) is 9.77. The lowest BCUT2D eigenvalue weighted by Gasteiger charge is -2.30. The molecule has 6 heteroatoms. The topological polar surface area (TPSA) is 91.9 Å². The predicted molar refractivity (Wildman–Crippen MR) is 110 cm³/mol. The highest BCUT2D eigenvalue weighted by Gasteiger charge is 2.41. The van der Waals surface area contributed by atoms with Gasteiger partial charge in [0.2, 0.25) is 0 Å². The highest BCUT2D eigenvalue weighted by atomic mass is 16.5. The van der Waals surface area contributed by atoms with Crippen LogP contribution >= 0.6 is 0 Å². The Morgan fingerprint density at radius 3 is 2.79 bits per heavy atom. The normalized spacial score (nSPS) is 15.8. The molecule has 0 amide bonds. The first kappa shape index (κ1) is 19.6. The fourth-order valence-corrected chi connectivity index (χ4v) is 3.87. The molecule has 3 N–H and O–H groups in total. The van der Waals surface area contributed by atoms with Crippen molar-refractivity contribution >= 4 is 16.8 Å². The van der Waals surface area contributed by atoms with E-state index in [2.05, 4.69) is 19.2 Å². The van der Waals surface area contributed by atoms with Crippen molar-refractivity contribution in [3.63, 3.8) is 0 Å². The maximum atomic E-state index is 13.2. The van der Waals surface area contributed by atoms with Gasteiger partial charge in [-0.05, 0) is 43.7 Å². The van der Waals surface area contributed by atoms with Gasteiger partial charge in [-0.2, -0.15) is 0 Å². The van der Waals surface area contributed by atoms with Gasteiger partial charge < -0.3 is 24.7 Å². The molecule has 0 bridgehead atoms. The molecular weight excluding hydrogens is 370 g/mol. The Labute approximate surface area is 169 Å². The number of ether oxygens (including phenoxy) is 1. The Morgan fingerprint density at radius 2 is 2.00 bits per heavy atom. The van der Waals surface area contributed by atoms with Crippen LogP contribution in [0.1, 0.15) is 41.1 Å². The zero-order valence-electron chi connectivity index (χ0n) is 16.6. The second-order valence-corrected chi connectivity index (χ2v) is 7.85. The van der Waals surface area contributed by atoms with Crippen molar-refractivity contribution < 1.29 is 24.2 Å². The number of hydrogen-bond donors (Lipinski definition) is 3. The monoisotopic (exact) mass is 395 g/mol. The standard InChI is InChI=1S/C23H25NO5/c1-23(2)18-11-15(28-10-9-24-12-14(26)13-25)7-8-16(18)21(27)20-17-5-3-4-6-19(17)29-22(20)23/h3-8,11,14,24-26H,9-10,12-13H2,1-2H3/t14-/m1/s1. The lowest BCUT2D eigenvalue weighted by molar-refractivity contribution is 0.0936. The molecule has 0 saturated carbocycles. The van der Waals surface area contributed by atoms with Crippen molar-refractivity contribution in [2.24, 2.45) is 0 Å². The molecule has 0 spiro atoms. The number of para-hydroxylation sites is 1. The fraction of sp³-hybridized carbons (Fsp3) is 0.348. The van der Waals surface area contributed by atoms with Crippen LogP contribution in [0.15, 0.2) is 46.9 Å². The summed E-state index contributed by atoms with van der Waals surface area (Å²) < 4.78 is 11.9. The molecule has 0 saturated heterocycles. The first-order valence-corrected chi connectivity index (χ1v) is 9.77. The number of furan rings is 1. The van der Waals surface area contributed by atoms with Crippen LogP contribution in [0.2, 0.25) is 0 Å². The Kier molecular flexibility index (Phi) is 5.17. The Balaban J connectivity index is 1.58. The van der Waals surface area contributed by atoms with E-state index >= 15 is 0 Å². The quantitative estimate of drug-likeness (QED) is 0.533. The average molecular weight is 395 g/mol. The molecule has 1 heterocycles. The van der Waals surface area contributed by atoms with Crippen molar-refractivity contribution in [1.29, 1.82) is 0 Å². The van der Waals surface area contributed by atoms with Crippen molar-refractivity contribution in [1.82, 2.24) is 5.32 Å². The largest absolute Gasteiger partial charge is 0.492 e. The number of aliphatic hydroxyl groups is 2. The van der Waals surface area contributed by atoms with Crippen LogP contribution in [0.5, 0.6) is 5.75 Å². The minimum atomic E-state index is -0.774. The Bertz CT molecular complexity index is 1050. The molecule has 2 aromatic carbocycles. The van der Waals surface area contributed by atoms with Gasteiger partial charge in [-0.1, -0.05) is 18.2 Å². The second-order valence-electron chi connectivity index (χ2n) is 7.85. The van der Waals surface area contributed by atoms with Gasteiger partial charge in [0.15, 0.2) is 5.78 Å². The highest BCUT2D eigenvalue weighted by Crippen LogP contribution is 2.46. The van der Waals surface area contributed by atoms with E-state index in [1.165, 1.54) is 0 Å². The van der Waals surface area contributed by atoms with E-state index in [9.17, 15) is 9.90 Å². The zero-order chi connectivity index (χ0) is 20.6. The number of rotatable bonds is 7. The van der Waals surface area contributed by atoms with Gasteiger partial charge in [0, 0.05) is 29.5 Å². The molecule has 152 valence electrons. The summed E-state index contributed by atoms with van der Waals surface area (Å²) >= 11 is 0. The molecular formula is C23H25NO5. The SMILES string of the molecule is CC1(C)c2cc(OCCNC[C@@H](O)CO)ccc2C(=O)c2c1oc1ccccc21. The maximum absolute atomic E-state index is 13.2. The first-order chi connectivity index (χ1) is 13.9. The van der Waals surface area contributed by atoms with E-state index in [4.69, 9.17) is 14.3 Å². The van der Waals surface area contributed by atoms with Crippen LogP contribution in [0.3, 0.4) is 0 Å². The van der Waals surface area contributed by atoms with Crippen LogP contribution in [0, 0.1) is 0 Å². The molecule has 0 aliphatic heterocycles. The van der Waals surface area contributed by atoms with Gasteiger partial charge in [0.25, 0.3) is 0 Å². The number of benzene rings is 2. The Hall–Kier alpha value is -2.67. The summed E-state index contributed by atoms with van der Waals surface area (Å²) in [6.07, 6.45) is -0.774. The molecule has 0 radical (unpaired) electrons. The van der Waals surface area contributed by atoms with Crippen LogP contribution in [0.4, 0.5) is 0 Å². The zero-order valence-corrected chi connectivity index (χ0v) is 16.6. The van der Waals surface area contributed by atoms with E-state index in [0.717, 1.165) is 16.5 Å². The molecule has 4 rings (SSSR count). The smallest absolute Gasteiger partial charge is 0.197 e. The Morgan fingerprint density at radius 1 is 1.21 bits per heavy atom. The van der Waals surface area contributed by atoms with Gasteiger partial charge in [-0.3, -0.25) is 4.79 Å². The van der Waals surface area contributed by atoms with Crippen molar-refractivity contribution in [2.45, 2.75) is 25.4 Å². The molecule has 0 unspecified atom stereocenters. The number of ketones is 1. The number of aliphatic hydroxyl groups excluding tert-OH is 2. The van der Waals surface area contributed by atoms with Gasteiger partial charge in [-0.25, -0.2) is 0 Å². The molecule has 1 aliphatic rings. The average Bonchev–Trinajstić information content (AvgIpc) is 3.13. The highest BCUT2D eigenvalue weighted by molar-refractivity contribution is 6.19. The molecule has 6 nitrogen and oxygen atoms in total. The summed E-state index contributed by atoms with van der Waals surface area (Å²) in [5, 5.41) is 22.0. The van der Waals surface area contributed by atoms with Crippen LogP contribution in [-0.2, 0) is 5.41 Å². The third-order valence-corrected chi connectivity index (χ3v) is 5.44. The summed E-state index contributed by atoms with van der Waals surface area (Å²) in [5.74, 6) is 1.34. The maximum Gasteiger partial charge on any atom is 0.197 e. The van der Waals surface area contributed by atoms with Crippen molar-refractivity contribution in [3.05, 3.63) is 64.9 Å². The van der Waals surface area contributed by atoms with Gasteiger partial charge in [0.1, 0.15) is 23.7 Å². The van der Waals surface area contributed by atoms with Crippen molar-refractivity contribution in [2.75, 3.05) is 26.3 Å². The summed E-state index contributed by atoms with van der Waals surface area (Å²) in [4.78, 5) is 13.2. The summed E-state index contributed by atoms with van der Waals surface area (Å²) in [6, 6.07) is 13.2. The van der Waals surface area contributed by atoms with Gasteiger partial charge in [0.05, 0.1) is 18.3 Å². The predicted octanol–water partition coefficient (Wildman–Crippen LogP) is 2.62. The third kappa shape index (κ3) is 3.44. The fourth-order valence-electron chi connectivity index (χ4n) is 3.87. The molecule has 3 aromatic rings. The number of carbonyl (C=O) groups is 1. The summed E-state index contributed by atoms with van der Waals surface area (Å²) in [7, 11) is 0. The van der Waals surface area contributed by atoms with E-state index in [-0.39, 0.29) is 12.4 Å². The lowest BCUT2D eigenvalue weighted by atomic mass is 9.72. The second kappa shape index (κ2) is 7.63. The summed E-state index contributed by atoms with van der Waals surface area (Å²) in [6.45, 7) is 5.08. The van der Waals surface area contributed by atoms with Crippen molar-refractivity contribution in [3.8, 4) is 5.75 Å². The lowest BCUT2D eigenvalue weighted by Crippen LogP contribution is -2.32. The van der Waals surface area contributed by atoms with Gasteiger partial charge >= 0.3 is 0 Å². The summed E-state index contributed by atoms with van der Waals surface area (Å²) in [5.41, 5.74) is 2.46. The number of hydrogen-bond acceptors (Lipinski definition) is 6. The molecule has 29 heavy (non-hydrogen) atoms. The molecule has 0 fully saturated rings. The molecule has 1 atom stereocenters. The number of fused-ring (bicyclic) bond motifs is 4. The van der Waals surface area contributed by atoms with Crippen LogP contribution in [-0.4, -0.2) is 48.4 Å².